The third-order valence-electron chi connectivity index (χ3n) is 7.02. The zero-order valence-electron chi connectivity index (χ0n) is 21.3. The molecule has 184 valence electrons. The number of unbranched alkanes of at least 4 members (excludes halogenated alkanes) is 1. The van der Waals surface area contributed by atoms with Crippen LogP contribution < -0.4 is 10.2 Å². The number of carbonyl (C=O) groups excluding carboxylic acids is 1. The van der Waals surface area contributed by atoms with Gasteiger partial charge in [-0.1, -0.05) is 55.3 Å². The van der Waals surface area contributed by atoms with Crippen molar-refractivity contribution in [3.8, 4) is 5.75 Å². The van der Waals surface area contributed by atoms with Gasteiger partial charge in [0.1, 0.15) is 11.3 Å². The van der Waals surface area contributed by atoms with Crippen molar-refractivity contribution in [1.82, 2.24) is 4.90 Å². The van der Waals surface area contributed by atoms with Crippen LogP contribution in [0.3, 0.4) is 0 Å². The quantitative estimate of drug-likeness (QED) is 0.278. The van der Waals surface area contributed by atoms with Crippen LogP contribution in [0.5, 0.6) is 5.75 Å². The topological polar surface area (TPSA) is 59.8 Å². The number of rotatable bonds is 7. The van der Waals surface area contributed by atoms with Crippen molar-refractivity contribution in [3.05, 3.63) is 110 Å². The van der Waals surface area contributed by atoms with Gasteiger partial charge in [0.15, 0.2) is 5.43 Å². The standard InChI is InChI=1S/C31H31NO4/c1-5-6-15-35-24-13-11-23(12-14-24)28-27-29(33)25-16-20(3)21(4)17-26(25)36-30(27)31(34)32(28)18-22-9-7-19(2)8-10-22/h7-14,16-17,28H,5-6,15,18H2,1-4H3. The van der Waals surface area contributed by atoms with Crippen LogP contribution in [0.1, 0.15) is 69.7 Å². The molecule has 3 aromatic carbocycles. The number of benzene rings is 3. The number of ether oxygens (including phenoxy) is 1. The number of hydrogen-bond donors (Lipinski definition) is 0. The van der Waals surface area contributed by atoms with E-state index in [2.05, 4.69) is 6.92 Å². The molecule has 1 aliphatic rings. The normalized spacial score (nSPS) is 14.9. The lowest BCUT2D eigenvalue weighted by Crippen LogP contribution is -2.29. The summed E-state index contributed by atoms with van der Waals surface area (Å²) in [5.74, 6) is 0.644. The van der Waals surface area contributed by atoms with Gasteiger partial charge in [0.05, 0.1) is 23.6 Å². The van der Waals surface area contributed by atoms with Crippen LogP contribution in [-0.2, 0) is 6.54 Å². The van der Waals surface area contributed by atoms with Gasteiger partial charge in [-0.05, 0) is 73.7 Å². The number of hydrogen-bond acceptors (Lipinski definition) is 4. The number of amides is 1. The van der Waals surface area contributed by atoms with Gasteiger partial charge in [0.25, 0.3) is 5.91 Å². The molecule has 5 rings (SSSR count). The molecule has 1 unspecified atom stereocenters. The van der Waals surface area contributed by atoms with Crippen LogP contribution >= 0.6 is 0 Å². The highest BCUT2D eigenvalue weighted by molar-refractivity contribution is 5.99. The third-order valence-corrected chi connectivity index (χ3v) is 7.02. The molecule has 2 heterocycles. The molecule has 1 amide bonds. The van der Waals surface area contributed by atoms with Gasteiger partial charge in [0.2, 0.25) is 5.76 Å². The van der Waals surface area contributed by atoms with Gasteiger partial charge in [0, 0.05) is 6.54 Å². The molecule has 1 atom stereocenters. The average Bonchev–Trinajstić information content (AvgIpc) is 3.14. The van der Waals surface area contributed by atoms with Crippen molar-refractivity contribution in [3.63, 3.8) is 0 Å². The Morgan fingerprint density at radius 1 is 0.917 bits per heavy atom. The van der Waals surface area contributed by atoms with Gasteiger partial charge < -0.3 is 14.1 Å². The van der Waals surface area contributed by atoms with Crippen molar-refractivity contribution < 1.29 is 13.9 Å². The first-order valence-electron chi connectivity index (χ1n) is 12.5. The van der Waals surface area contributed by atoms with E-state index >= 15 is 0 Å². The maximum absolute atomic E-state index is 13.8. The Labute approximate surface area is 211 Å². The maximum Gasteiger partial charge on any atom is 0.291 e. The monoisotopic (exact) mass is 481 g/mol. The van der Waals surface area contributed by atoms with E-state index < -0.39 is 6.04 Å². The highest BCUT2D eigenvalue weighted by Crippen LogP contribution is 2.39. The minimum Gasteiger partial charge on any atom is -0.494 e. The van der Waals surface area contributed by atoms with Crippen molar-refractivity contribution >= 4 is 16.9 Å². The van der Waals surface area contributed by atoms with Crippen molar-refractivity contribution in [2.45, 2.75) is 53.1 Å². The molecule has 1 aliphatic heterocycles. The highest BCUT2D eigenvalue weighted by Gasteiger charge is 2.42. The van der Waals surface area contributed by atoms with Crippen LogP contribution in [0.25, 0.3) is 11.0 Å². The van der Waals surface area contributed by atoms with E-state index in [1.54, 1.807) is 4.90 Å². The minimum atomic E-state index is -0.541. The molecule has 1 aromatic heterocycles. The van der Waals surface area contributed by atoms with Gasteiger partial charge in [-0.2, -0.15) is 0 Å². The molecule has 0 saturated heterocycles. The van der Waals surface area contributed by atoms with Gasteiger partial charge in [-0.15, -0.1) is 0 Å². The van der Waals surface area contributed by atoms with E-state index in [0.29, 0.717) is 29.7 Å². The summed E-state index contributed by atoms with van der Waals surface area (Å²) in [5.41, 5.74) is 5.74. The summed E-state index contributed by atoms with van der Waals surface area (Å²) >= 11 is 0. The van der Waals surface area contributed by atoms with Crippen molar-refractivity contribution in [1.29, 1.82) is 0 Å². The Morgan fingerprint density at radius 2 is 1.61 bits per heavy atom. The average molecular weight is 482 g/mol. The first-order chi connectivity index (χ1) is 17.4. The predicted octanol–water partition coefficient (Wildman–Crippen LogP) is 6.64. The van der Waals surface area contributed by atoms with Crippen molar-refractivity contribution in [2.75, 3.05) is 6.61 Å². The summed E-state index contributed by atoms with van der Waals surface area (Å²) < 4.78 is 12.0. The molecule has 0 radical (unpaired) electrons. The summed E-state index contributed by atoms with van der Waals surface area (Å²) in [4.78, 5) is 29.3. The molecule has 0 bridgehead atoms. The lowest BCUT2D eigenvalue weighted by molar-refractivity contribution is 0.0714. The highest BCUT2D eigenvalue weighted by atomic mass is 16.5. The van der Waals surface area contributed by atoms with Gasteiger partial charge >= 0.3 is 0 Å². The molecule has 36 heavy (non-hydrogen) atoms. The largest absolute Gasteiger partial charge is 0.494 e. The number of carbonyl (C=O) groups is 1. The fraction of sp³-hybridized carbons (Fsp3) is 0.290. The zero-order chi connectivity index (χ0) is 25.4. The maximum atomic E-state index is 13.8. The summed E-state index contributed by atoms with van der Waals surface area (Å²) in [6, 6.07) is 19.0. The lowest BCUT2D eigenvalue weighted by atomic mass is 9.97. The fourth-order valence-corrected chi connectivity index (χ4v) is 4.76. The SMILES string of the molecule is CCCCOc1ccc(C2c3c(oc4cc(C)c(C)cc4c3=O)C(=O)N2Cc2ccc(C)cc2)cc1. The van der Waals surface area contributed by atoms with E-state index in [4.69, 9.17) is 9.15 Å². The Morgan fingerprint density at radius 3 is 2.31 bits per heavy atom. The van der Waals surface area contributed by atoms with E-state index in [-0.39, 0.29) is 17.1 Å². The van der Waals surface area contributed by atoms with E-state index in [1.165, 1.54) is 0 Å². The Bertz CT molecular complexity index is 1480. The Hall–Kier alpha value is -3.86. The summed E-state index contributed by atoms with van der Waals surface area (Å²) in [5, 5.41) is 0.506. The molecule has 0 N–H and O–H groups in total. The summed E-state index contributed by atoms with van der Waals surface area (Å²) in [7, 11) is 0. The van der Waals surface area contributed by atoms with E-state index in [9.17, 15) is 9.59 Å². The second kappa shape index (κ2) is 9.65. The molecule has 4 aromatic rings. The molecule has 0 fully saturated rings. The summed E-state index contributed by atoms with van der Waals surface area (Å²) in [6.07, 6.45) is 2.05. The molecule has 0 aliphatic carbocycles. The smallest absolute Gasteiger partial charge is 0.291 e. The Balaban J connectivity index is 1.62. The summed E-state index contributed by atoms with van der Waals surface area (Å²) in [6.45, 7) is 9.14. The lowest BCUT2D eigenvalue weighted by Gasteiger charge is -2.25. The van der Waals surface area contributed by atoms with E-state index in [0.717, 1.165) is 46.4 Å². The Kier molecular flexibility index (Phi) is 6.40. The number of aryl methyl sites for hydroxylation is 3. The van der Waals surface area contributed by atoms with Crippen LogP contribution in [0.15, 0.2) is 69.9 Å². The molecule has 5 heteroatoms. The molecule has 5 nitrogen and oxygen atoms in total. The van der Waals surface area contributed by atoms with E-state index in [1.807, 2.05) is 81.4 Å². The van der Waals surface area contributed by atoms with Crippen LogP contribution in [0.4, 0.5) is 0 Å². The molecular weight excluding hydrogens is 450 g/mol. The first-order valence-corrected chi connectivity index (χ1v) is 12.5. The van der Waals surface area contributed by atoms with Crippen LogP contribution in [0.2, 0.25) is 0 Å². The van der Waals surface area contributed by atoms with Crippen LogP contribution in [-0.4, -0.2) is 17.4 Å². The number of fused-ring (bicyclic) bond motifs is 2. The second-order valence-corrected chi connectivity index (χ2v) is 9.70. The predicted molar refractivity (Wildman–Crippen MR) is 142 cm³/mol. The number of nitrogens with zero attached hydrogens (tertiary/aromatic N) is 1. The molecule has 0 saturated carbocycles. The fourth-order valence-electron chi connectivity index (χ4n) is 4.76. The van der Waals surface area contributed by atoms with Crippen LogP contribution in [0, 0.1) is 20.8 Å². The third kappa shape index (κ3) is 4.30. The van der Waals surface area contributed by atoms with Crippen molar-refractivity contribution in [2.24, 2.45) is 0 Å². The zero-order valence-corrected chi connectivity index (χ0v) is 21.3. The van der Waals surface area contributed by atoms with Gasteiger partial charge in [-0.3, -0.25) is 9.59 Å². The van der Waals surface area contributed by atoms with Gasteiger partial charge in [-0.25, -0.2) is 0 Å². The molecule has 0 spiro atoms. The second-order valence-electron chi connectivity index (χ2n) is 9.70. The first kappa shape index (κ1) is 23.9. The minimum absolute atomic E-state index is 0.135. The molecular formula is C31H31NO4.